The molecule has 0 aliphatic heterocycles. The minimum Gasteiger partial charge on any atom is -0.356 e. The Morgan fingerprint density at radius 2 is 0.615 bits per heavy atom. The molecule has 2 N–H and O–H groups in total. The van der Waals surface area contributed by atoms with Crippen LogP contribution in [0.4, 0.5) is 22.7 Å². The van der Waals surface area contributed by atoms with Crippen molar-refractivity contribution >= 4 is 22.7 Å². The van der Waals surface area contributed by atoms with Crippen molar-refractivity contribution in [1.29, 1.82) is 0 Å². The van der Waals surface area contributed by atoms with E-state index in [-0.39, 0.29) is 0 Å². The van der Waals surface area contributed by atoms with Gasteiger partial charge in [-0.3, -0.25) is 0 Å². The summed E-state index contributed by atoms with van der Waals surface area (Å²) in [6, 6.07) is 37.4. The number of anilines is 4. The lowest BCUT2D eigenvalue weighted by molar-refractivity contribution is 1.53. The van der Waals surface area contributed by atoms with Crippen molar-refractivity contribution in [2.24, 2.45) is 0 Å². The summed E-state index contributed by atoms with van der Waals surface area (Å²) in [5.41, 5.74) is 6.77. The van der Waals surface area contributed by atoms with Crippen molar-refractivity contribution in [3.63, 3.8) is 0 Å². The van der Waals surface area contributed by atoms with Gasteiger partial charge in [0.1, 0.15) is 0 Å². The van der Waals surface area contributed by atoms with Crippen LogP contribution in [0, 0.1) is 0 Å². The van der Waals surface area contributed by atoms with Crippen molar-refractivity contribution in [1.82, 2.24) is 0 Å². The molecule has 0 amide bonds. The van der Waals surface area contributed by atoms with Gasteiger partial charge in [-0.2, -0.15) is 0 Å². The largest absolute Gasteiger partial charge is 0.356 e. The maximum atomic E-state index is 3.41. The third-order valence-electron chi connectivity index (χ3n) is 4.23. The van der Waals surface area contributed by atoms with Gasteiger partial charge in [0.2, 0.25) is 0 Å². The lowest BCUT2D eigenvalue weighted by atomic mass is 10.0. The van der Waals surface area contributed by atoms with E-state index in [0.29, 0.717) is 0 Å². The fourth-order valence-electron chi connectivity index (χ4n) is 2.87. The van der Waals surface area contributed by atoms with Gasteiger partial charge in [-0.15, -0.1) is 0 Å². The predicted molar refractivity (Wildman–Crippen MR) is 111 cm³/mol. The van der Waals surface area contributed by atoms with Crippen LogP contribution in [0.2, 0.25) is 0 Å². The molecule has 4 aromatic rings. The standard InChI is InChI=1S/C24H20N2/c1-3-7-21(8-4-1)25-23-15-11-19(12-16-23)20-13-17-24(18-14-20)26-22-9-5-2-6-10-22/h1-18,25-26H. The zero-order valence-corrected chi connectivity index (χ0v) is 14.4. The minimum atomic E-state index is 1.09. The molecule has 126 valence electrons. The van der Waals surface area contributed by atoms with Crippen LogP contribution in [0.1, 0.15) is 0 Å². The molecule has 4 rings (SSSR count). The van der Waals surface area contributed by atoms with Crippen LogP contribution in [0.5, 0.6) is 0 Å². The summed E-state index contributed by atoms with van der Waals surface area (Å²) < 4.78 is 0. The number of benzene rings is 4. The molecule has 0 aromatic heterocycles. The quantitative estimate of drug-likeness (QED) is 0.417. The Labute approximate surface area is 154 Å². The van der Waals surface area contributed by atoms with Crippen molar-refractivity contribution < 1.29 is 0 Å². The molecule has 0 fully saturated rings. The van der Waals surface area contributed by atoms with Crippen LogP contribution in [0.3, 0.4) is 0 Å². The van der Waals surface area contributed by atoms with E-state index in [0.717, 1.165) is 22.7 Å². The second-order valence-electron chi connectivity index (χ2n) is 6.14. The maximum absolute atomic E-state index is 3.41. The summed E-state index contributed by atoms with van der Waals surface area (Å²) >= 11 is 0. The average molecular weight is 336 g/mol. The summed E-state index contributed by atoms with van der Waals surface area (Å²) in [5.74, 6) is 0. The predicted octanol–water partition coefficient (Wildman–Crippen LogP) is 6.84. The lowest BCUT2D eigenvalue weighted by Crippen LogP contribution is -1.90. The molecule has 4 aromatic carbocycles. The third-order valence-corrected chi connectivity index (χ3v) is 4.23. The van der Waals surface area contributed by atoms with Gasteiger partial charge in [0.25, 0.3) is 0 Å². The van der Waals surface area contributed by atoms with Gasteiger partial charge >= 0.3 is 0 Å². The Hall–Kier alpha value is -3.52. The van der Waals surface area contributed by atoms with Gasteiger partial charge in [-0.05, 0) is 59.7 Å². The highest BCUT2D eigenvalue weighted by atomic mass is 14.9. The Morgan fingerprint density at radius 3 is 0.962 bits per heavy atom. The van der Waals surface area contributed by atoms with E-state index in [1.165, 1.54) is 11.1 Å². The Bertz CT molecular complexity index is 861. The van der Waals surface area contributed by atoms with Gasteiger partial charge < -0.3 is 10.6 Å². The maximum Gasteiger partial charge on any atom is 0.0384 e. The van der Waals surface area contributed by atoms with Crippen LogP contribution < -0.4 is 10.6 Å². The van der Waals surface area contributed by atoms with E-state index in [1.54, 1.807) is 0 Å². The van der Waals surface area contributed by atoms with Gasteiger partial charge in [-0.25, -0.2) is 0 Å². The Balaban J connectivity index is 1.45. The molecule has 0 saturated carbocycles. The minimum absolute atomic E-state index is 1.09. The summed E-state index contributed by atoms with van der Waals surface area (Å²) in [6.07, 6.45) is 0. The monoisotopic (exact) mass is 336 g/mol. The van der Waals surface area contributed by atoms with Crippen LogP contribution in [-0.4, -0.2) is 0 Å². The third kappa shape index (κ3) is 3.93. The molecule has 0 bridgehead atoms. The van der Waals surface area contributed by atoms with Gasteiger partial charge in [0.15, 0.2) is 0 Å². The molecule has 0 heterocycles. The van der Waals surface area contributed by atoms with Crippen LogP contribution in [0.25, 0.3) is 11.1 Å². The van der Waals surface area contributed by atoms with Crippen molar-refractivity contribution in [2.45, 2.75) is 0 Å². The van der Waals surface area contributed by atoms with Crippen LogP contribution in [-0.2, 0) is 0 Å². The highest BCUT2D eigenvalue weighted by Crippen LogP contribution is 2.25. The molecule has 0 atom stereocenters. The van der Waals surface area contributed by atoms with Crippen molar-refractivity contribution in [3.8, 4) is 11.1 Å². The molecular formula is C24H20N2. The molecule has 0 aliphatic rings. The van der Waals surface area contributed by atoms with E-state index >= 15 is 0 Å². The Morgan fingerprint density at radius 1 is 0.308 bits per heavy atom. The summed E-state index contributed by atoms with van der Waals surface area (Å²) in [4.78, 5) is 0. The number of hydrogen-bond donors (Lipinski definition) is 2. The SMILES string of the molecule is c1ccc(Nc2ccc(-c3ccc(Nc4ccccc4)cc3)cc2)cc1. The normalized spacial score (nSPS) is 10.3. The van der Waals surface area contributed by atoms with Crippen molar-refractivity contribution in [2.75, 3.05) is 10.6 Å². The molecule has 0 unspecified atom stereocenters. The lowest BCUT2D eigenvalue weighted by Gasteiger charge is -2.09. The number of para-hydroxylation sites is 2. The van der Waals surface area contributed by atoms with E-state index < -0.39 is 0 Å². The topological polar surface area (TPSA) is 24.1 Å². The number of rotatable bonds is 5. The number of nitrogens with one attached hydrogen (secondary N) is 2. The van der Waals surface area contributed by atoms with Crippen molar-refractivity contribution in [3.05, 3.63) is 109 Å². The first-order valence-corrected chi connectivity index (χ1v) is 8.71. The zero-order valence-electron chi connectivity index (χ0n) is 14.4. The fourth-order valence-corrected chi connectivity index (χ4v) is 2.87. The smallest absolute Gasteiger partial charge is 0.0384 e. The molecule has 0 spiro atoms. The summed E-state index contributed by atoms with van der Waals surface area (Å²) in [5, 5.41) is 6.82. The molecule has 2 heteroatoms. The molecule has 0 aliphatic carbocycles. The van der Waals surface area contributed by atoms with E-state index in [1.807, 2.05) is 36.4 Å². The Kier molecular flexibility index (Phi) is 4.66. The van der Waals surface area contributed by atoms with Crippen LogP contribution in [0.15, 0.2) is 109 Å². The molecule has 2 nitrogen and oxygen atoms in total. The second-order valence-corrected chi connectivity index (χ2v) is 6.14. The molecule has 0 radical (unpaired) electrons. The van der Waals surface area contributed by atoms with Gasteiger partial charge in [-0.1, -0.05) is 60.7 Å². The first-order chi connectivity index (χ1) is 12.9. The van der Waals surface area contributed by atoms with E-state index in [9.17, 15) is 0 Å². The molecular weight excluding hydrogens is 316 g/mol. The first-order valence-electron chi connectivity index (χ1n) is 8.71. The highest BCUT2D eigenvalue weighted by molar-refractivity contribution is 5.71. The summed E-state index contributed by atoms with van der Waals surface area (Å²) in [6.45, 7) is 0. The highest BCUT2D eigenvalue weighted by Gasteiger charge is 2.00. The first kappa shape index (κ1) is 16.0. The van der Waals surface area contributed by atoms with Crippen LogP contribution >= 0.6 is 0 Å². The molecule has 26 heavy (non-hydrogen) atoms. The average Bonchev–Trinajstić information content (AvgIpc) is 2.71. The molecule has 0 saturated heterocycles. The summed E-state index contributed by atoms with van der Waals surface area (Å²) in [7, 11) is 0. The number of hydrogen-bond acceptors (Lipinski definition) is 2. The van der Waals surface area contributed by atoms with Gasteiger partial charge in [0.05, 0.1) is 0 Å². The van der Waals surface area contributed by atoms with E-state index in [2.05, 4.69) is 83.4 Å². The zero-order chi connectivity index (χ0) is 17.6. The fraction of sp³-hybridized carbons (Fsp3) is 0. The van der Waals surface area contributed by atoms with E-state index in [4.69, 9.17) is 0 Å². The van der Waals surface area contributed by atoms with Gasteiger partial charge in [0, 0.05) is 22.7 Å². The second kappa shape index (κ2) is 7.58.